The SMILES string of the molecule is Cc1ccc(CC(=O)N(CCN(C)C)Cc2ccccc2)cc1. The van der Waals surface area contributed by atoms with Crippen molar-refractivity contribution >= 4 is 5.91 Å². The molecule has 0 heterocycles. The van der Waals surface area contributed by atoms with Crippen LogP contribution in [0.3, 0.4) is 0 Å². The standard InChI is InChI=1S/C20H26N2O/c1-17-9-11-18(12-10-17)15-20(23)22(14-13-21(2)3)16-19-7-5-4-6-8-19/h4-12H,13-16H2,1-3H3. The van der Waals surface area contributed by atoms with Crippen LogP contribution in [0, 0.1) is 6.92 Å². The topological polar surface area (TPSA) is 23.6 Å². The second kappa shape index (κ2) is 8.49. The van der Waals surface area contributed by atoms with Gasteiger partial charge < -0.3 is 9.80 Å². The van der Waals surface area contributed by atoms with Gasteiger partial charge in [-0.15, -0.1) is 0 Å². The highest BCUT2D eigenvalue weighted by molar-refractivity contribution is 5.78. The number of benzene rings is 2. The Morgan fingerprint density at radius 1 is 0.870 bits per heavy atom. The molecule has 1 amide bonds. The van der Waals surface area contributed by atoms with Crippen LogP contribution in [0.15, 0.2) is 54.6 Å². The molecule has 2 aromatic carbocycles. The molecular weight excluding hydrogens is 284 g/mol. The van der Waals surface area contributed by atoms with Crippen LogP contribution in [-0.2, 0) is 17.8 Å². The third-order valence-electron chi connectivity index (χ3n) is 3.86. The van der Waals surface area contributed by atoms with Crippen molar-refractivity contribution in [2.75, 3.05) is 27.2 Å². The largest absolute Gasteiger partial charge is 0.337 e. The van der Waals surface area contributed by atoms with Crippen LogP contribution in [0.2, 0.25) is 0 Å². The first-order chi connectivity index (χ1) is 11.0. The Hall–Kier alpha value is -2.13. The van der Waals surface area contributed by atoms with Gasteiger partial charge in [0, 0.05) is 19.6 Å². The van der Waals surface area contributed by atoms with Gasteiger partial charge in [-0.05, 0) is 32.1 Å². The summed E-state index contributed by atoms with van der Waals surface area (Å²) in [4.78, 5) is 16.8. The summed E-state index contributed by atoms with van der Waals surface area (Å²) < 4.78 is 0. The molecule has 2 aromatic rings. The number of carbonyl (C=O) groups excluding carboxylic acids is 1. The smallest absolute Gasteiger partial charge is 0.227 e. The fourth-order valence-corrected chi connectivity index (χ4v) is 2.41. The van der Waals surface area contributed by atoms with Gasteiger partial charge >= 0.3 is 0 Å². The summed E-state index contributed by atoms with van der Waals surface area (Å²) >= 11 is 0. The van der Waals surface area contributed by atoms with Crippen molar-refractivity contribution in [1.82, 2.24) is 9.80 Å². The molecule has 0 saturated carbocycles. The molecule has 0 atom stereocenters. The van der Waals surface area contributed by atoms with E-state index in [4.69, 9.17) is 0 Å². The molecule has 0 bridgehead atoms. The van der Waals surface area contributed by atoms with E-state index in [0.29, 0.717) is 13.0 Å². The van der Waals surface area contributed by atoms with Crippen molar-refractivity contribution in [3.63, 3.8) is 0 Å². The summed E-state index contributed by atoms with van der Waals surface area (Å²) in [5.74, 6) is 0.180. The number of carbonyl (C=O) groups is 1. The maximum Gasteiger partial charge on any atom is 0.227 e. The number of amides is 1. The van der Waals surface area contributed by atoms with Crippen LogP contribution in [-0.4, -0.2) is 42.9 Å². The number of nitrogens with zero attached hydrogens (tertiary/aromatic N) is 2. The zero-order chi connectivity index (χ0) is 16.7. The Morgan fingerprint density at radius 3 is 2.13 bits per heavy atom. The maximum absolute atomic E-state index is 12.7. The number of aryl methyl sites for hydroxylation is 1. The number of hydrogen-bond acceptors (Lipinski definition) is 2. The first-order valence-electron chi connectivity index (χ1n) is 8.06. The van der Waals surface area contributed by atoms with E-state index in [0.717, 1.165) is 18.7 Å². The molecule has 0 unspecified atom stereocenters. The van der Waals surface area contributed by atoms with Gasteiger partial charge in [0.15, 0.2) is 0 Å². The highest BCUT2D eigenvalue weighted by Crippen LogP contribution is 2.09. The average Bonchev–Trinajstić information content (AvgIpc) is 2.54. The molecule has 0 aliphatic rings. The van der Waals surface area contributed by atoms with Crippen LogP contribution in [0.1, 0.15) is 16.7 Å². The van der Waals surface area contributed by atoms with Gasteiger partial charge in [0.1, 0.15) is 0 Å². The quantitative estimate of drug-likeness (QED) is 0.784. The Kier molecular flexibility index (Phi) is 6.36. The summed E-state index contributed by atoms with van der Waals surface area (Å²) in [5, 5.41) is 0. The zero-order valence-corrected chi connectivity index (χ0v) is 14.3. The van der Waals surface area contributed by atoms with E-state index >= 15 is 0 Å². The number of hydrogen-bond donors (Lipinski definition) is 0. The molecule has 0 radical (unpaired) electrons. The monoisotopic (exact) mass is 310 g/mol. The normalized spacial score (nSPS) is 10.8. The predicted molar refractivity (Wildman–Crippen MR) is 95.3 cm³/mol. The van der Waals surface area contributed by atoms with E-state index in [9.17, 15) is 4.79 Å². The molecule has 0 N–H and O–H groups in total. The molecule has 0 aliphatic carbocycles. The summed E-state index contributed by atoms with van der Waals surface area (Å²) in [5.41, 5.74) is 3.46. The second-order valence-corrected chi connectivity index (χ2v) is 6.27. The second-order valence-electron chi connectivity index (χ2n) is 6.27. The van der Waals surface area contributed by atoms with Crippen LogP contribution in [0.4, 0.5) is 0 Å². The molecule has 3 nitrogen and oxygen atoms in total. The average molecular weight is 310 g/mol. The van der Waals surface area contributed by atoms with Crippen molar-refractivity contribution in [1.29, 1.82) is 0 Å². The van der Waals surface area contributed by atoms with Gasteiger partial charge in [-0.3, -0.25) is 4.79 Å². The molecule has 0 saturated heterocycles. The minimum atomic E-state index is 0.180. The lowest BCUT2D eigenvalue weighted by Crippen LogP contribution is -2.37. The van der Waals surface area contributed by atoms with Crippen LogP contribution < -0.4 is 0 Å². The van der Waals surface area contributed by atoms with E-state index in [1.807, 2.05) is 49.3 Å². The van der Waals surface area contributed by atoms with E-state index in [1.165, 1.54) is 11.1 Å². The minimum Gasteiger partial charge on any atom is -0.337 e. The van der Waals surface area contributed by atoms with Gasteiger partial charge in [-0.25, -0.2) is 0 Å². The molecular formula is C20H26N2O. The first kappa shape index (κ1) is 17.2. The molecule has 3 heteroatoms. The Bertz CT molecular complexity index is 605. The molecule has 0 aromatic heterocycles. The molecule has 122 valence electrons. The van der Waals surface area contributed by atoms with Crippen molar-refractivity contribution in [2.24, 2.45) is 0 Å². The maximum atomic E-state index is 12.7. The highest BCUT2D eigenvalue weighted by atomic mass is 16.2. The van der Waals surface area contributed by atoms with Gasteiger partial charge in [0.2, 0.25) is 5.91 Å². The van der Waals surface area contributed by atoms with E-state index in [1.54, 1.807) is 0 Å². The van der Waals surface area contributed by atoms with Crippen molar-refractivity contribution in [2.45, 2.75) is 19.9 Å². The van der Waals surface area contributed by atoms with E-state index < -0.39 is 0 Å². The van der Waals surface area contributed by atoms with Crippen molar-refractivity contribution < 1.29 is 4.79 Å². The highest BCUT2D eigenvalue weighted by Gasteiger charge is 2.14. The van der Waals surface area contributed by atoms with Crippen molar-refractivity contribution in [3.05, 3.63) is 71.3 Å². The van der Waals surface area contributed by atoms with Gasteiger partial charge in [0.25, 0.3) is 0 Å². The first-order valence-corrected chi connectivity index (χ1v) is 8.06. The van der Waals surface area contributed by atoms with Crippen LogP contribution >= 0.6 is 0 Å². The van der Waals surface area contributed by atoms with E-state index in [2.05, 4.69) is 36.1 Å². The molecule has 0 fully saturated rings. The van der Waals surface area contributed by atoms with Gasteiger partial charge in [0.05, 0.1) is 6.42 Å². The van der Waals surface area contributed by atoms with E-state index in [-0.39, 0.29) is 5.91 Å². The lowest BCUT2D eigenvalue weighted by atomic mass is 10.1. The number of likely N-dealkylation sites (N-methyl/N-ethyl adjacent to an activating group) is 1. The predicted octanol–water partition coefficient (Wildman–Crippen LogP) is 3.13. The van der Waals surface area contributed by atoms with Crippen molar-refractivity contribution in [3.8, 4) is 0 Å². The van der Waals surface area contributed by atoms with Crippen LogP contribution in [0.5, 0.6) is 0 Å². The molecule has 23 heavy (non-hydrogen) atoms. The third-order valence-corrected chi connectivity index (χ3v) is 3.86. The summed E-state index contributed by atoms with van der Waals surface area (Å²) in [7, 11) is 4.07. The fourth-order valence-electron chi connectivity index (χ4n) is 2.41. The summed E-state index contributed by atoms with van der Waals surface area (Å²) in [6.07, 6.45) is 0.459. The zero-order valence-electron chi connectivity index (χ0n) is 14.3. The van der Waals surface area contributed by atoms with Crippen LogP contribution in [0.25, 0.3) is 0 Å². The summed E-state index contributed by atoms with van der Waals surface area (Å²) in [6, 6.07) is 18.4. The number of rotatable bonds is 7. The third kappa shape index (κ3) is 5.87. The molecule has 2 rings (SSSR count). The Morgan fingerprint density at radius 2 is 1.52 bits per heavy atom. The molecule has 0 spiro atoms. The minimum absolute atomic E-state index is 0.180. The summed E-state index contributed by atoms with van der Waals surface area (Å²) in [6.45, 7) is 4.34. The van der Waals surface area contributed by atoms with Gasteiger partial charge in [-0.2, -0.15) is 0 Å². The van der Waals surface area contributed by atoms with Gasteiger partial charge in [-0.1, -0.05) is 60.2 Å². The lowest BCUT2D eigenvalue weighted by molar-refractivity contribution is -0.131. The Labute approximate surface area is 139 Å². The fraction of sp³-hybridized carbons (Fsp3) is 0.350. The Balaban J connectivity index is 2.05. The lowest BCUT2D eigenvalue weighted by Gasteiger charge is -2.25. The molecule has 0 aliphatic heterocycles.